The highest BCUT2D eigenvalue weighted by molar-refractivity contribution is 5.71. The van der Waals surface area contributed by atoms with E-state index in [0.717, 1.165) is 16.7 Å². The summed E-state index contributed by atoms with van der Waals surface area (Å²) in [5.74, 6) is -0.359. The molecule has 1 amide bonds. The molecule has 3 nitrogen and oxygen atoms in total. The first-order valence-corrected chi connectivity index (χ1v) is 5.78. The summed E-state index contributed by atoms with van der Waals surface area (Å²) in [4.78, 5) is 10.9. The van der Waals surface area contributed by atoms with Crippen molar-refractivity contribution in [3.05, 3.63) is 60.2 Å². The summed E-state index contributed by atoms with van der Waals surface area (Å²) in [5, 5.41) is 10.1. The Kier molecular flexibility index (Phi) is 3.75. The number of nitrogens with zero attached hydrogens (tertiary/aromatic N) is 1. The van der Waals surface area contributed by atoms with Gasteiger partial charge in [-0.2, -0.15) is 0 Å². The predicted octanol–water partition coefficient (Wildman–Crippen LogP) is 3.09. The van der Waals surface area contributed by atoms with Crippen LogP contribution in [0.3, 0.4) is 0 Å². The fraction of sp³-hybridized carbons (Fsp3) is 0.133. The largest absolute Gasteiger partial charge is 0.286 e. The van der Waals surface area contributed by atoms with Gasteiger partial charge in [0.1, 0.15) is 0 Å². The van der Waals surface area contributed by atoms with Gasteiger partial charge in [0.25, 0.3) is 0 Å². The van der Waals surface area contributed by atoms with Crippen molar-refractivity contribution in [2.24, 2.45) is 0 Å². The molecule has 0 radical (unpaired) electrons. The highest BCUT2D eigenvalue weighted by Crippen LogP contribution is 2.19. The van der Waals surface area contributed by atoms with Gasteiger partial charge < -0.3 is 0 Å². The van der Waals surface area contributed by atoms with Crippen molar-refractivity contribution >= 4 is 5.91 Å². The number of hydroxylamine groups is 2. The van der Waals surface area contributed by atoms with Crippen molar-refractivity contribution in [2.45, 2.75) is 13.5 Å². The normalized spacial score (nSPS) is 10.1. The third-order valence-corrected chi connectivity index (χ3v) is 2.76. The predicted molar refractivity (Wildman–Crippen MR) is 69.9 cm³/mol. The van der Waals surface area contributed by atoms with Gasteiger partial charge in [-0.15, -0.1) is 0 Å². The Labute approximate surface area is 106 Å². The third kappa shape index (κ3) is 2.96. The summed E-state index contributed by atoms with van der Waals surface area (Å²) < 4.78 is 0. The maximum absolute atomic E-state index is 10.9. The Hall–Kier alpha value is -2.13. The van der Waals surface area contributed by atoms with Crippen LogP contribution in [0.15, 0.2) is 54.6 Å². The molecule has 0 heterocycles. The Morgan fingerprint density at radius 2 is 1.56 bits per heavy atom. The molecule has 18 heavy (non-hydrogen) atoms. The monoisotopic (exact) mass is 241 g/mol. The van der Waals surface area contributed by atoms with Gasteiger partial charge in [-0.1, -0.05) is 54.6 Å². The first-order valence-electron chi connectivity index (χ1n) is 5.78. The molecule has 2 aromatic rings. The molecule has 0 aliphatic rings. The van der Waals surface area contributed by atoms with Crippen LogP contribution in [-0.4, -0.2) is 16.2 Å². The molecule has 0 saturated carbocycles. The second-order valence-corrected chi connectivity index (χ2v) is 4.14. The number of carbonyl (C=O) groups excluding carboxylic acids is 1. The summed E-state index contributed by atoms with van der Waals surface area (Å²) in [7, 11) is 0. The van der Waals surface area contributed by atoms with E-state index < -0.39 is 0 Å². The lowest BCUT2D eigenvalue weighted by molar-refractivity contribution is -0.165. The molecule has 0 aromatic heterocycles. The molecule has 2 aromatic carbocycles. The zero-order valence-electron chi connectivity index (χ0n) is 10.2. The molecule has 0 aliphatic heterocycles. The molecular weight excluding hydrogens is 226 g/mol. The number of carbonyl (C=O) groups is 1. The lowest BCUT2D eigenvalue weighted by Crippen LogP contribution is -2.23. The van der Waals surface area contributed by atoms with E-state index in [1.807, 2.05) is 54.6 Å². The molecule has 1 N–H and O–H groups in total. The molecule has 0 aliphatic carbocycles. The highest BCUT2D eigenvalue weighted by Gasteiger charge is 2.05. The van der Waals surface area contributed by atoms with Crippen LogP contribution in [-0.2, 0) is 11.3 Å². The Morgan fingerprint density at radius 3 is 2.11 bits per heavy atom. The lowest BCUT2D eigenvalue weighted by atomic mass is 10.0. The van der Waals surface area contributed by atoms with Crippen molar-refractivity contribution in [3.63, 3.8) is 0 Å². The zero-order chi connectivity index (χ0) is 13.0. The van der Waals surface area contributed by atoms with E-state index >= 15 is 0 Å². The molecule has 2 rings (SSSR count). The molecule has 0 spiro atoms. The van der Waals surface area contributed by atoms with Gasteiger partial charge in [0.2, 0.25) is 5.91 Å². The quantitative estimate of drug-likeness (QED) is 0.662. The highest BCUT2D eigenvalue weighted by atomic mass is 16.5. The van der Waals surface area contributed by atoms with Crippen LogP contribution in [0.25, 0.3) is 11.1 Å². The summed E-state index contributed by atoms with van der Waals surface area (Å²) in [6.45, 7) is 1.54. The van der Waals surface area contributed by atoms with Crippen LogP contribution < -0.4 is 0 Å². The summed E-state index contributed by atoms with van der Waals surface area (Å²) in [6, 6.07) is 17.9. The topological polar surface area (TPSA) is 40.5 Å². The number of benzene rings is 2. The van der Waals surface area contributed by atoms with Crippen LogP contribution in [0.1, 0.15) is 12.5 Å². The molecule has 0 atom stereocenters. The van der Waals surface area contributed by atoms with E-state index in [2.05, 4.69) is 0 Å². The fourth-order valence-corrected chi connectivity index (χ4v) is 1.72. The maximum atomic E-state index is 10.9. The van der Waals surface area contributed by atoms with Crippen LogP contribution in [0.4, 0.5) is 0 Å². The Bertz CT molecular complexity index is 520. The SMILES string of the molecule is CC(=O)N(O)Cc1ccc(-c2ccccc2)cc1. The van der Waals surface area contributed by atoms with E-state index in [4.69, 9.17) is 0 Å². The van der Waals surface area contributed by atoms with Gasteiger partial charge in [0.05, 0.1) is 6.54 Å². The van der Waals surface area contributed by atoms with E-state index in [9.17, 15) is 10.0 Å². The van der Waals surface area contributed by atoms with Crippen molar-refractivity contribution in [1.82, 2.24) is 5.06 Å². The molecule has 0 bridgehead atoms. The van der Waals surface area contributed by atoms with Crippen molar-refractivity contribution in [2.75, 3.05) is 0 Å². The average molecular weight is 241 g/mol. The van der Waals surface area contributed by atoms with Gasteiger partial charge >= 0.3 is 0 Å². The first-order chi connectivity index (χ1) is 8.66. The van der Waals surface area contributed by atoms with Crippen LogP contribution in [0, 0.1) is 0 Å². The van der Waals surface area contributed by atoms with Gasteiger partial charge in [0, 0.05) is 6.92 Å². The number of hydrogen-bond donors (Lipinski definition) is 1. The molecule has 3 heteroatoms. The second kappa shape index (κ2) is 5.47. The van der Waals surface area contributed by atoms with Gasteiger partial charge in [-0.25, -0.2) is 5.06 Å². The van der Waals surface area contributed by atoms with Crippen molar-refractivity contribution in [1.29, 1.82) is 0 Å². The van der Waals surface area contributed by atoms with Crippen molar-refractivity contribution in [3.8, 4) is 11.1 Å². The minimum absolute atomic E-state index is 0.213. The van der Waals surface area contributed by atoms with Crippen LogP contribution in [0.2, 0.25) is 0 Å². The molecule has 92 valence electrons. The summed E-state index contributed by atoms with van der Waals surface area (Å²) in [5.41, 5.74) is 3.16. The van der Waals surface area contributed by atoms with Gasteiger partial charge in [0.15, 0.2) is 0 Å². The zero-order valence-corrected chi connectivity index (χ0v) is 10.2. The van der Waals surface area contributed by atoms with E-state index in [1.165, 1.54) is 6.92 Å². The second-order valence-electron chi connectivity index (χ2n) is 4.14. The van der Waals surface area contributed by atoms with Crippen LogP contribution in [0.5, 0.6) is 0 Å². The molecule has 0 fully saturated rings. The average Bonchev–Trinajstić information content (AvgIpc) is 2.40. The standard InChI is InChI=1S/C15H15NO2/c1-12(17)16(18)11-13-7-9-15(10-8-13)14-5-3-2-4-6-14/h2-10,18H,11H2,1H3. The number of hydrogen-bond acceptors (Lipinski definition) is 2. The third-order valence-electron chi connectivity index (χ3n) is 2.76. The maximum Gasteiger partial charge on any atom is 0.243 e. The number of rotatable bonds is 3. The molecular formula is C15H15NO2. The fourth-order valence-electron chi connectivity index (χ4n) is 1.72. The number of amides is 1. The van der Waals surface area contributed by atoms with Gasteiger partial charge in [-0.05, 0) is 16.7 Å². The van der Waals surface area contributed by atoms with Gasteiger partial charge in [-0.3, -0.25) is 10.0 Å². The summed E-state index contributed by atoms with van der Waals surface area (Å²) in [6.07, 6.45) is 0. The molecule has 0 unspecified atom stereocenters. The lowest BCUT2D eigenvalue weighted by Gasteiger charge is -2.12. The summed E-state index contributed by atoms with van der Waals surface area (Å²) >= 11 is 0. The minimum Gasteiger partial charge on any atom is -0.286 e. The molecule has 0 saturated heterocycles. The minimum atomic E-state index is -0.359. The van der Waals surface area contributed by atoms with E-state index in [1.54, 1.807) is 0 Å². The van der Waals surface area contributed by atoms with Crippen LogP contribution >= 0.6 is 0 Å². The van der Waals surface area contributed by atoms with E-state index in [-0.39, 0.29) is 12.5 Å². The smallest absolute Gasteiger partial charge is 0.243 e. The van der Waals surface area contributed by atoms with Crippen molar-refractivity contribution < 1.29 is 10.0 Å². The Morgan fingerprint density at radius 1 is 1.00 bits per heavy atom. The van der Waals surface area contributed by atoms with E-state index in [0.29, 0.717) is 5.06 Å². The Balaban J connectivity index is 2.13. The first kappa shape index (κ1) is 12.3.